The zero-order valence-corrected chi connectivity index (χ0v) is 16.5. The highest BCUT2D eigenvalue weighted by Gasteiger charge is 2.23. The molecule has 0 aliphatic rings. The molecule has 0 aliphatic carbocycles. The monoisotopic (exact) mass is 424 g/mol. The smallest absolute Gasteiger partial charge is 0.345 e. The first-order valence-corrected chi connectivity index (χ1v) is 9.71. The topological polar surface area (TPSA) is 139 Å². The molecule has 0 unspecified atom stereocenters. The number of aromatic hydroxyl groups is 1. The molecular weight excluding hydrogens is 408 g/mol. The van der Waals surface area contributed by atoms with Crippen molar-refractivity contribution in [1.29, 1.82) is 0 Å². The van der Waals surface area contributed by atoms with Crippen molar-refractivity contribution in [3.63, 3.8) is 0 Å². The van der Waals surface area contributed by atoms with E-state index in [2.05, 4.69) is 25.5 Å². The Bertz CT molecular complexity index is 1200. The molecule has 11 heteroatoms. The van der Waals surface area contributed by atoms with Gasteiger partial charge in [0.1, 0.15) is 22.9 Å². The Hall–Kier alpha value is -3.86. The number of fused-ring (bicyclic) bond motifs is 1. The number of ether oxygens (including phenoxy) is 1. The van der Waals surface area contributed by atoms with Crippen molar-refractivity contribution >= 4 is 34.3 Å². The summed E-state index contributed by atoms with van der Waals surface area (Å²) in [5.74, 6) is -0.620. The van der Waals surface area contributed by atoms with E-state index >= 15 is 0 Å². The Kier molecular flexibility index (Phi) is 5.35. The highest BCUT2D eigenvalue weighted by atomic mass is 32.2. The van der Waals surface area contributed by atoms with E-state index in [-0.39, 0.29) is 28.7 Å². The van der Waals surface area contributed by atoms with E-state index in [0.29, 0.717) is 16.4 Å². The molecule has 2 aromatic carbocycles. The van der Waals surface area contributed by atoms with Gasteiger partial charge in [0.05, 0.1) is 29.6 Å². The van der Waals surface area contributed by atoms with Crippen LogP contribution in [0.3, 0.4) is 0 Å². The minimum Gasteiger partial charge on any atom is -0.510 e. The van der Waals surface area contributed by atoms with Gasteiger partial charge in [0.25, 0.3) is 0 Å². The van der Waals surface area contributed by atoms with Crippen molar-refractivity contribution in [3.05, 3.63) is 60.1 Å². The number of carbonyl (C=O) groups excluding carboxylic acids is 1. The van der Waals surface area contributed by atoms with Crippen molar-refractivity contribution in [2.45, 2.75) is 5.16 Å². The summed E-state index contributed by atoms with van der Waals surface area (Å²) in [5.41, 5.74) is 1.95. The Morgan fingerprint density at radius 1 is 1.20 bits per heavy atom. The molecule has 2 heterocycles. The number of phenolic OH excluding ortho intramolecular Hbond substituents is 1. The van der Waals surface area contributed by atoms with Gasteiger partial charge in [-0.2, -0.15) is 4.68 Å². The number of aliphatic hydroxyl groups is 1. The zero-order chi connectivity index (χ0) is 21.1. The SMILES string of the molecule is COC(=O)C(=C(O)CSc1nnnn1-c1ccc(O)cc1)c1nc2ccccc2[nH]1. The number of hydrogen-bond acceptors (Lipinski definition) is 9. The molecule has 4 aromatic rings. The summed E-state index contributed by atoms with van der Waals surface area (Å²) in [6.07, 6.45) is 0. The second-order valence-corrected chi connectivity index (χ2v) is 7.04. The van der Waals surface area contributed by atoms with Crippen LogP contribution in [0, 0.1) is 0 Å². The molecule has 0 fully saturated rings. The number of esters is 1. The summed E-state index contributed by atoms with van der Waals surface area (Å²) in [5, 5.41) is 32.0. The Balaban J connectivity index is 1.63. The maximum absolute atomic E-state index is 12.3. The van der Waals surface area contributed by atoms with Gasteiger partial charge in [-0.25, -0.2) is 9.78 Å². The number of aromatic amines is 1. The second kappa shape index (κ2) is 8.25. The summed E-state index contributed by atoms with van der Waals surface area (Å²) in [6, 6.07) is 13.6. The van der Waals surface area contributed by atoms with Gasteiger partial charge in [-0.05, 0) is 46.8 Å². The van der Waals surface area contributed by atoms with E-state index in [4.69, 9.17) is 4.74 Å². The van der Waals surface area contributed by atoms with Crippen LogP contribution in [0.2, 0.25) is 0 Å². The van der Waals surface area contributed by atoms with Gasteiger partial charge in [-0.1, -0.05) is 23.9 Å². The van der Waals surface area contributed by atoms with Crippen LogP contribution in [-0.4, -0.2) is 59.2 Å². The first-order valence-electron chi connectivity index (χ1n) is 8.73. The number of H-pyrrole nitrogens is 1. The number of nitrogens with zero attached hydrogens (tertiary/aromatic N) is 5. The van der Waals surface area contributed by atoms with Crippen LogP contribution >= 0.6 is 11.8 Å². The third-order valence-corrected chi connectivity index (χ3v) is 5.11. The number of tetrazole rings is 1. The van der Waals surface area contributed by atoms with Crippen molar-refractivity contribution in [1.82, 2.24) is 30.2 Å². The molecule has 152 valence electrons. The van der Waals surface area contributed by atoms with Gasteiger partial charge in [-0.15, -0.1) is 5.10 Å². The first kappa shape index (κ1) is 19.5. The highest BCUT2D eigenvalue weighted by Crippen LogP contribution is 2.26. The number of carbonyl (C=O) groups is 1. The molecular formula is C19H16N6O4S. The summed E-state index contributed by atoms with van der Waals surface area (Å²) in [6.45, 7) is 0. The summed E-state index contributed by atoms with van der Waals surface area (Å²) in [7, 11) is 1.23. The summed E-state index contributed by atoms with van der Waals surface area (Å²) < 4.78 is 6.28. The van der Waals surface area contributed by atoms with Gasteiger partial charge in [0, 0.05) is 0 Å². The van der Waals surface area contributed by atoms with Crippen LogP contribution in [0.5, 0.6) is 5.75 Å². The van der Waals surface area contributed by atoms with E-state index in [1.165, 1.54) is 23.9 Å². The Labute approximate surface area is 174 Å². The van der Waals surface area contributed by atoms with Gasteiger partial charge >= 0.3 is 5.97 Å². The lowest BCUT2D eigenvalue weighted by atomic mass is 10.2. The number of thioether (sulfide) groups is 1. The van der Waals surface area contributed by atoms with Crippen molar-refractivity contribution in [2.75, 3.05) is 12.9 Å². The lowest BCUT2D eigenvalue weighted by Gasteiger charge is -2.07. The van der Waals surface area contributed by atoms with Crippen LogP contribution in [0.15, 0.2) is 59.4 Å². The van der Waals surface area contributed by atoms with E-state index in [9.17, 15) is 15.0 Å². The summed E-state index contributed by atoms with van der Waals surface area (Å²) in [4.78, 5) is 19.7. The van der Waals surface area contributed by atoms with Gasteiger partial charge in [-0.3, -0.25) is 0 Å². The Morgan fingerprint density at radius 3 is 2.70 bits per heavy atom. The number of aromatic nitrogens is 6. The van der Waals surface area contributed by atoms with Crippen LogP contribution in [0.4, 0.5) is 0 Å². The average molecular weight is 424 g/mol. The third-order valence-electron chi connectivity index (χ3n) is 4.18. The molecule has 0 spiro atoms. The zero-order valence-electron chi connectivity index (χ0n) is 15.7. The van der Waals surface area contributed by atoms with Crippen molar-refractivity contribution in [2.24, 2.45) is 0 Å². The standard InChI is InChI=1S/C19H16N6O4S/c1-29-18(28)16(17-20-13-4-2-3-5-14(13)21-17)15(27)10-30-19-22-23-24-25(19)11-6-8-12(26)9-7-11/h2-9,26-27H,10H2,1H3,(H,20,21). The molecule has 0 amide bonds. The molecule has 0 bridgehead atoms. The van der Waals surface area contributed by atoms with Gasteiger partial charge in [0.15, 0.2) is 0 Å². The fraction of sp³-hybridized carbons (Fsp3) is 0.105. The quantitative estimate of drug-likeness (QED) is 0.184. The normalized spacial score (nSPS) is 12.0. The number of aliphatic hydroxyl groups excluding tert-OH is 1. The molecule has 0 radical (unpaired) electrons. The van der Waals surface area contributed by atoms with Gasteiger partial charge < -0.3 is 19.9 Å². The van der Waals surface area contributed by atoms with Crippen LogP contribution in [-0.2, 0) is 9.53 Å². The molecule has 0 atom stereocenters. The number of para-hydroxylation sites is 2. The number of phenols is 1. The fourth-order valence-electron chi connectivity index (χ4n) is 2.75. The van der Waals surface area contributed by atoms with Gasteiger partial charge in [0.2, 0.25) is 5.16 Å². The molecule has 0 saturated heterocycles. The largest absolute Gasteiger partial charge is 0.510 e. The number of benzene rings is 2. The third kappa shape index (κ3) is 3.82. The van der Waals surface area contributed by atoms with E-state index in [1.807, 2.05) is 18.2 Å². The maximum atomic E-state index is 12.3. The minimum atomic E-state index is -0.717. The minimum absolute atomic E-state index is 0.0000640. The second-order valence-electron chi connectivity index (χ2n) is 6.09. The molecule has 3 N–H and O–H groups in total. The van der Waals surface area contributed by atoms with Crippen molar-refractivity contribution in [3.8, 4) is 11.4 Å². The van der Waals surface area contributed by atoms with E-state index < -0.39 is 5.97 Å². The predicted molar refractivity (Wildman–Crippen MR) is 109 cm³/mol. The molecule has 2 aromatic heterocycles. The number of methoxy groups -OCH3 is 1. The average Bonchev–Trinajstić information content (AvgIpc) is 3.39. The number of hydrogen-bond donors (Lipinski definition) is 3. The highest BCUT2D eigenvalue weighted by molar-refractivity contribution is 7.99. The Morgan fingerprint density at radius 2 is 1.97 bits per heavy atom. The number of rotatable bonds is 6. The maximum Gasteiger partial charge on any atom is 0.345 e. The fourth-order valence-corrected chi connectivity index (χ4v) is 3.52. The molecule has 0 saturated carbocycles. The molecule has 4 rings (SSSR count). The van der Waals surface area contributed by atoms with Crippen LogP contribution in [0.1, 0.15) is 5.82 Å². The van der Waals surface area contributed by atoms with Crippen LogP contribution < -0.4 is 0 Å². The van der Waals surface area contributed by atoms with Crippen LogP contribution in [0.25, 0.3) is 22.3 Å². The lowest BCUT2D eigenvalue weighted by molar-refractivity contribution is -0.133. The predicted octanol–water partition coefficient (Wildman–Crippen LogP) is 2.48. The summed E-state index contributed by atoms with van der Waals surface area (Å²) >= 11 is 1.13. The van der Waals surface area contributed by atoms with E-state index in [0.717, 1.165) is 17.3 Å². The number of imidazole rings is 1. The van der Waals surface area contributed by atoms with E-state index in [1.54, 1.807) is 18.2 Å². The number of nitrogens with one attached hydrogen (secondary N) is 1. The molecule has 0 aliphatic heterocycles. The lowest BCUT2D eigenvalue weighted by Crippen LogP contribution is -2.10. The molecule has 10 nitrogen and oxygen atoms in total. The van der Waals surface area contributed by atoms with Crippen molar-refractivity contribution < 1.29 is 19.7 Å². The molecule has 30 heavy (non-hydrogen) atoms. The first-order chi connectivity index (χ1) is 14.6.